The highest BCUT2D eigenvalue weighted by atomic mass is 16.5. The smallest absolute Gasteiger partial charge is 0.216 e. The maximum atomic E-state index is 5.15. The second kappa shape index (κ2) is 6.29. The van der Waals surface area contributed by atoms with Gasteiger partial charge in [0.15, 0.2) is 0 Å². The van der Waals surface area contributed by atoms with E-state index in [9.17, 15) is 0 Å². The SMILES string of the molecule is CCc1cccc(C(NC)c2cc(OC)ncn2)c1. The molecule has 0 spiro atoms. The normalized spacial score (nSPS) is 12.2. The van der Waals surface area contributed by atoms with E-state index in [4.69, 9.17) is 4.74 Å². The molecule has 0 amide bonds. The number of hydrogen-bond acceptors (Lipinski definition) is 4. The molecule has 1 unspecified atom stereocenters. The molecule has 4 nitrogen and oxygen atoms in total. The van der Waals surface area contributed by atoms with Crippen LogP contribution in [0.1, 0.15) is 29.8 Å². The lowest BCUT2D eigenvalue weighted by atomic mass is 10.0. The molecule has 0 aliphatic rings. The fraction of sp³-hybridized carbons (Fsp3) is 0.333. The summed E-state index contributed by atoms with van der Waals surface area (Å²) >= 11 is 0. The Kier molecular flexibility index (Phi) is 4.47. The second-order valence-corrected chi connectivity index (χ2v) is 4.31. The first-order valence-corrected chi connectivity index (χ1v) is 6.40. The Labute approximate surface area is 113 Å². The van der Waals surface area contributed by atoms with Gasteiger partial charge < -0.3 is 10.1 Å². The minimum Gasteiger partial charge on any atom is -0.481 e. The van der Waals surface area contributed by atoms with Crippen molar-refractivity contribution < 1.29 is 4.74 Å². The molecule has 100 valence electrons. The van der Waals surface area contributed by atoms with Gasteiger partial charge in [-0.15, -0.1) is 0 Å². The van der Waals surface area contributed by atoms with Crippen LogP contribution in [0.4, 0.5) is 0 Å². The summed E-state index contributed by atoms with van der Waals surface area (Å²) in [6.45, 7) is 2.15. The highest BCUT2D eigenvalue weighted by Gasteiger charge is 2.14. The van der Waals surface area contributed by atoms with Gasteiger partial charge in [0.05, 0.1) is 18.8 Å². The van der Waals surface area contributed by atoms with Crippen molar-refractivity contribution in [3.05, 3.63) is 53.5 Å². The van der Waals surface area contributed by atoms with Crippen LogP contribution >= 0.6 is 0 Å². The quantitative estimate of drug-likeness (QED) is 0.893. The average molecular weight is 257 g/mol. The van der Waals surface area contributed by atoms with Gasteiger partial charge in [-0.3, -0.25) is 0 Å². The lowest BCUT2D eigenvalue weighted by Gasteiger charge is -2.17. The Morgan fingerprint density at radius 1 is 1.26 bits per heavy atom. The Hall–Kier alpha value is -1.94. The Bertz CT molecular complexity index is 495. The number of aromatic nitrogens is 2. The number of benzene rings is 1. The van der Waals surface area contributed by atoms with E-state index >= 15 is 0 Å². The third kappa shape index (κ3) is 3.09. The van der Waals surface area contributed by atoms with Crippen LogP contribution in [-0.2, 0) is 6.42 Å². The summed E-state index contributed by atoms with van der Waals surface area (Å²) in [4.78, 5) is 8.38. The van der Waals surface area contributed by atoms with Crippen molar-refractivity contribution in [2.24, 2.45) is 0 Å². The molecular weight excluding hydrogens is 238 g/mol. The monoisotopic (exact) mass is 257 g/mol. The predicted molar refractivity (Wildman–Crippen MR) is 75.3 cm³/mol. The predicted octanol–water partition coefficient (Wildman–Crippen LogP) is 2.36. The number of hydrogen-bond donors (Lipinski definition) is 1. The molecule has 1 atom stereocenters. The Balaban J connectivity index is 2.37. The van der Waals surface area contributed by atoms with Crippen molar-refractivity contribution in [1.82, 2.24) is 15.3 Å². The lowest BCUT2D eigenvalue weighted by Crippen LogP contribution is -2.19. The molecule has 0 saturated carbocycles. The van der Waals surface area contributed by atoms with Crippen molar-refractivity contribution in [3.8, 4) is 5.88 Å². The van der Waals surface area contributed by atoms with Crippen LogP contribution in [0.3, 0.4) is 0 Å². The first-order valence-electron chi connectivity index (χ1n) is 6.40. The first-order chi connectivity index (χ1) is 9.28. The topological polar surface area (TPSA) is 47.0 Å². The van der Waals surface area contributed by atoms with E-state index < -0.39 is 0 Å². The molecule has 1 N–H and O–H groups in total. The third-order valence-electron chi connectivity index (χ3n) is 3.15. The molecule has 0 radical (unpaired) electrons. The van der Waals surface area contributed by atoms with Crippen molar-refractivity contribution in [1.29, 1.82) is 0 Å². The van der Waals surface area contributed by atoms with Crippen LogP contribution in [0.2, 0.25) is 0 Å². The number of rotatable bonds is 5. The van der Waals surface area contributed by atoms with Crippen molar-refractivity contribution in [3.63, 3.8) is 0 Å². The second-order valence-electron chi connectivity index (χ2n) is 4.31. The first kappa shape index (κ1) is 13.5. The molecule has 2 aromatic rings. The van der Waals surface area contributed by atoms with Gasteiger partial charge in [-0.2, -0.15) is 0 Å². The van der Waals surface area contributed by atoms with E-state index in [1.165, 1.54) is 17.5 Å². The van der Waals surface area contributed by atoms with E-state index in [0.717, 1.165) is 12.1 Å². The van der Waals surface area contributed by atoms with Gasteiger partial charge >= 0.3 is 0 Å². The van der Waals surface area contributed by atoms with E-state index in [1.54, 1.807) is 7.11 Å². The molecule has 0 bridgehead atoms. The number of aryl methyl sites for hydroxylation is 1. The van der Waals surface area contributed by atoms with E-state index in [0.29, 0.717) is 5.88 Å². The summed E-state index contributed by atoms with van der Waals surface area (Å²) in [6, 6.07) is 10.4. The number of ether oxygens (including phenoxy) is 1. The molecule has 19 heavy (non-hydrogen) atoms. The van der Waals surface area contributed by atoms with E-state index in [-0.39, 0.29) is 6.04 Å². The zero-order valence-electron chi connectivity index (χ0n) is 11.6. The van der Waals surface area contributed by atoms with Crippen molar-refractivity contribution in [2.75, 3.05) is 14.2 Å². The number of nitrogens with zero attached hydrogens (tertiary/aromatic N) is 2. The van der Waals surface area contributed by atoms with Gasteiger partial charge in [-0.25, -0.2) is 9.97 Å². The summed E-state index contributed by atoms with van der Waals surface area (Å²) in [7, 11) is 3.54. The number of nitrogens with one attached hydrogen (secondary N) is 1. The van der Waals surface area contributed by atoms with Gasteiger partial charge in [0.2, 0.25) is 5.88 Å². The van der Waals surface area contributed by atoms with Crippen LogP contribution < -0.4 is 10.1 Å². The third-order valence-corrected chi connectivity index (χ3v) is 3.15. The van der Waals surface area contributed by atoms with E-state index in [1.807, 2.05) is 13.1 Å². The zero-order valence-corrected chi connectivity index (χ0v) is 11.6. The summed E-state index contributed by atoms with van der Waals surface area (Å²) in [6.07, 6.45) is 2.56. The molecule has 0 saturated heterocycles. The van der Waals surface area contributed by atoms with Gasteiger partial charge in [-0.1, -0.05) is 31.2 Å². The maximum absolute atomic E-state index is 5.15. The minimum absolute atomic E-state index is 0.0448. The van der Waals surface area contributed by atoms with Gasteiger partial charge in [0.1, 0.15) is 6.33 Å². The van der Waals surface area contributed by atoms with Gasteiger partial charge in [0.25, 0.3) is 0 Å². The molecule has 0 aliphatic carbocycles. The molecule has 1 heterocycles. The largest absolute Gasteiger partial charge is 0.481 e. The van der Waals surface area contributed by atoms with Gasteiger partial charge in [-0.05, 0) is 24.6 Å². The average Bonchev–Trinajstić information content (AvgIpc) is 2.48. The van der Waals surface area contributed by atoms with Crippen LogP contribution in [0.15, 0.2) is 36.7 Å². The Morgan fingerprint density at radius 3 is 2.79 bits per heavy atom. The highest BCUT2D eigenvalue weighted by Crippen LogP contribution is 2.22. The van der Waals surface area contributed by atoms with E-state index in [2.05, 4.69) is 46.5 Å². The maximum Gasteiger partial charge on any atom is 0.216 e. The molecule has 2 rings (SSSR count). The molecular formula is C15H19N3O. The van der Waals surface area contributed by atoms with Crippen LogP contribution in [0.25, 0.3) is 0 Å². The fourth-order valence-electron chi connectivity index (χ4n) is 2.10. The summed E-state index contributed by atoms with van der Waals surface area (Å²) < 4.78 is 5.15. The zero-order chi connectivity index (χ0) is 13.7. The molecule has 0 fully saturated rings. The van der Waals surface area contributed by atoms with Crippen LogP contribution in [0.5, 0.6) is 5.88 Å². The molecule has 4 heteroatoms. The minimum atomic E-state index is 0.0448. The lowest BCUT2D eigenvalue weighted by molar-refractivity contribution is 0.395. The fourth-order valence-corrected chi connectivity index (χ4v) is 2.10. The molecule has 1 aromatic heterocycles. The summed E-state index contributed by atoms with van der Waals surface area (Å²) in [5.74, 6) is 0.580. The molecule has 1 aromatic carbocycles. The molecule has 0 aliphatic heterocycles. The summed E-state index contributed by atoms with van der Waals surface area (Å²) in [5, 5.41) is 3.29. The van der Waals surface area contributed by atoms with Crippen molar-refractivity contribution >= 4 is 0 Å². The standard InChI is InChI=1S/C15H19N3O/c1-4-11-6-5-7-12(8-11)15(16-2)13-9-14(19-3)18-10-17-13/h5-10,15-16H,4H2,1-3H3. The summed E-state index contributed by atoms with van der Waals surface area (Å²) in [5.41, 5.74) is 3.42. The van der Waals surface area contributed by atoms with Crippen LogP contribution in [0, 0.1) is 0 Å². The Morgan fingerprint density at radius 2 is 2.11 bits per heavy atom. The highest BCUT2D eigenvalue weighted by molar-refractivity contribution is 5.32. The van der Waals surface area contributed by atoms with Crippen molar-refractivity contribution in [2.45, 2.75) is 19.4 Å². The van der Waals surface area contributed by atoms with Gasteiger partial charge in [0, 0.05) is 6.07 Å². The number of methoxy groups -OCH3 is 1. The van der Waals surface area contributed by atoms with Crippen LogP contribution in [-0.4, -0.2) is 24.1 Å².